The Kier molecular flexibility index (Phi) is 4.67. The van der Waals surface area contributed by atoms with Crippen LogP contribution in [0.5, 0.6) is 0 Å². The van der Waals surface area contributed by atoms with Crippen LogP contribution in [0.15, 0.2) is 73.1 Å². The molecule has 1 N–H and O–H groups in total. The predicted octanol–water partition coefficient (Wildman–Crippen LogP) is 3.65. The second-order valence-electron chi connectivity index (χ2n) is 6.01. The summed E-state index contributed by atoms with van der Waals surface area (Å²) in [5.74, 6) is -1.26. The van der Waals surface area contributed by atoms with E-state index >= 15 is 0 Å². The van der Waals surface area contributed by atoms with Crippen LogP contribution in [0.1, 0.15) is 0 Å². The highest BCUT2D eigenvalue weighted by Crippen LogP contribution is 2.24. The molecule has 8 heteroatoms. The zero-order chi connectivity index (χ0) is 19.5. The van der Waals surface area contributed by atoms with Gasteiger partial charge in [-0.05, 0) is 30.3 Å². The zero-order valence-electron chi connectivity index (χ0n) is 14.6. The maximum absolute atomic E-state index is 13.9. The molecule has 28 heavy (non-hydrogen) atoms. The van der Waals surface area contributed by atoms with Gasteiger partial charge in [0.25, 0.3) is 0 Å². The average molecular weight is 379 g/mol. The predicted molar refractivity (Wildman–Crippen MR) is 99.8 cm³/mol. The highest BCUT2D eigenvalue weighted by molar-refractivity contribution is 5.89. The zero-order valence-corrected chi connectivity index (χ0v) is 14.6. The first-order valence-electron chi connectivity index (χ1n) is 8.49. The molecule has 0 saturated carbocycles. The van der Waals surface area contributed by atoms with E-state index < -0.39 is 11.6 Å². The number of hydrogen-bond acceptors (Lipinski definition) is 3. The first-order valence-corrected chi connectivity index (χ1v) is 8.49. The molecule has 0 radical (unpaired) electrons. The van der Waals surface area contributed by atoms with Gasteiger partial charge in [-0.15, -0.1) is 0 Å². The fraction of sp³-hybridized carbons (Fsp3) is 0.0500. The Morgan fingerprint density at radius 3 is 2.46 bits per heavy atom. The van der Waals surface area contributed by atoms with Gasteiger partial charge in [-0.25, -0.2) is 13.5 Å². The van der Waals surface area contributed by atoms with Crippen LogP contribution >= 0.6 is 0 Å². The Labute approximate surface area is 159 Å². The van der Waals surface area contributed by atoms with E-state index in [-0.39, 0.29) is 23.7 Å². The van der Waals surface area contributed by atoms with Gasteiger partial charge in [0.05, 0.1) is 23.1 Å². The van der Waals surface area contributed by atoms with Crippen molar-refractivity contribution in [3.8, 4) is 16.9 Å². The number of nitrogens with one attached hydrogen (secondary N) is 1. The van der Waals surface area contributed by atoms with Gasteiger partial charge in [-0.2, -0.15) is 10.2 Å². The minimum absolute atomic E-state index is 0.115. The number of hydrogen-bond donors (Lipinski definition) is 1. The molecule has 4 rings (SSSR count). The van der Waals surface area contributed by atoms with Gasteiger partial charge < -0.3 is 5.32 Å². The van der Waals surface area contributed by atoms with Crippen molar-refractivity contribution in [3.05, 3.63) is 84.7 Å². The quantitative estimate of drug-likeness (QED) is 0.576. The van der Waals surface area contributed by atoms with Crippen molar-refractivity contribution in [1.82, 2.24) is 19.6 Å². The molecule has 6 nitrogen and oxygen atoms in total. The summed E-state index contributed by atoms with van der Waals surface area (Å²) in [6.07, 6.45) is 3.07. The molecular formula is C20H15F2N5O. The summed E-state index contributed by atoms with van der Waals surface area (Å²) in [7, 11) is 0. The van der Waals surface area contributed by atoms with Crippen LogP contribution in [0.25, 0.3) is 16.9 Å². The third kappa shape index (κ3) is 3.52. The molecule has 0 unspecified atom stereocenters. The standard InChI is InChI=1S/C20H15F2N5O/c21-15-7-4-8-16(22)20(15)17-10-12-26(25-17)13-19(28)24-18-9-11-23-27(18)14-5-2-1-3-6-14/h1-12H,13H2,(H,24,28). The van der Waals surface area contributed by atoms with Crippen LogP contribution in [-0.4, -0.2) is 25.5 Å². The number of amides is 1. The SMILES string of the molecule is O=C(Cn1ccc(-c2c(F)cccc2F)n1)Nc1ccnn1-c1ccccc1. The minimum Gasteiger partial charge on any atom is -0.309 e. The Balaban J connectivity index is 1.49. The molecule has 0 aliphatic heterocycles. The Hall–Kier alpha value is -3.81. The molecule has 2 aromatic carbocycles. The van der Waals surface area contributed by atoms with Crippen LogP contribution in [0, 0.1) is 11.6 Å². The van der Waals surface area contributed by atoms with Crippen LogP contribution in [0.4, 0.5) is 14.6 Å². The molecule has 4 aromatic rings. The van der Waals surface area contributed by atoms with Crippen LogP contribution in [0.3, 0.4) is 0 Å². The van der Waals surface area contributed by atoms with Crippen molar-refractivity contribution >= 4 is 11.7 Å². The maximum atomic E-state index is 13.9. The number of nitrogens with zero attached hydrogens (tertiary/aromatic N) is 4. The largest absolute Gasteiger partial charge is 0.309 e. The fourth-order valence-corrected chi connectivity index (χ4v) is 2.83. The van der Waals surface area contributed by atoms with Gasteiger partial charge in [0.2, 0.25) is 5.91 Å². The summed E-state index contributed by atoms with van der Waals surface area (Å²) >= 11 is 0. The first-order chi connectivity index (χ1) is 13.6. The maximum Gasteiger partial charge on any atom is 0.247 e. The lowest BCUT2D eigenvalue weighted by molar-refractivity contribution is -0.116. The van der Waals surface area contributed by atoms with E-state index in [1.54, 1.807) is 16.9 Å². The lowest BCUT2D eigenvalue weighted by Crippen LogP contribution is -2.20. The van der Waals surface area contributed by atoms with Gasteiger partial charge in [0.1, 0.15) is 24.0 Å². The number of para-hydroxylation sites is 1. The average Bonchev–Trinajstić information content (AvgIpc) is 3.32. The molecular weight excluding hydrogens is 364 g/mol. The van der Waals surface area contributed by atoms with E-state index in [1.807, 2.05) is 30.3 Å². The Bertz CT molecular complexity index is 1100. The molecule has 0 bridgehead atoms. The second-order valence-corrected chi connectivity index (χ2v) is 6.01. The summed E-state index contributed by atoms with van der Waals surface area (Å²) in [6, 6.07) is 16.1. The van der Waals surface area contributed by atoms with Crippen LogP contribution in [0.2, 0.25) is 0 Å². The Morgan fingerprint density at radius 1 is 0.964 bits per heavy atom. The molecule has 0 saturated heterocycles. The summed E-state index contributed by atoms with van der Waals surface area (Å²) < 4.78 is 30.7. The fourth-order valence-electron chi connectivity index (χ4n) is 2.83. The molecule has 1 amide bonds. The van der Waals surface area contributed by atoms with E-state index in [4.69, 9.17) is 0 Å². The highest BCUT2D eigenvalue weighted by atomic mass is 19.1. The normalized spacial score (nSPS) is 10.8. The van der Waals surface area contributed by atoms with Gasteiger partial charge in [-0.1, -0.05) is 24.3 Å². The molecule has 0 aliphatic rings. The van der Waals surface area contributed by atoms with Gasteiger partial charge in [0.15, 0.2) is 0 Å². The van der Waals surface area contributed by atoms with E-state index in [0.717, 1.165) is 17.8 Å². The van der Waals surface area contributed by atoms with Crippen molar-refractivity contribution in [2.75, 3.05) is 5.32 Å². The van der Waals surface area contributed by atoms with Gasteiger partial charge in [0, 0.05) is 12.3 Å². The van der Waals surface area contributed by atoms with Crippen molar-refractivity contribution < 1.29 is 13.6 Å². The third-order valence-corrected chi connectivity index (χ3v) is 4.08. The van der Waals surface area contributed by atoms with E-state index in [0.29, 0.717) is 5.82 Å². The monoisotopic (exact) mass is 379 g/mol. The number of carbonyl (C=O) groups excluding carboxylic acids is 1. The van der Waals surface area contributed by atoms with Crippen molar-refractivity contribution in [2.24, 2.45) is 0 Å². The molecule has 0 aliphatic carbocycles. The summed E-state index contributed by atoms with van der Waals surface area (Å²) in [5, 5.41) is 11.1. The molecule has 2 aromatic heterocycles. The summed E-state index contributed by atoms with van der Waals surface area (Å²) in [5.41, 5.74) is 0.709. The molecule has 0 atom stereocenters. The number of aromatic nitrogens is 4. The third-order valence-electron chi connectivity index (χ3n) is 4.08. The Morgan fingerprint density at radius 2 is 1.71 bits per heavy atom. The lowest BCUT2D eigenvalue weighted by Gasteiger charge is -2.09. The van der Waals surface area contributed by atoms with Crippen LogP contribution < -0.4 is 5.32 Å². The van der Waals surface area contributed by atoms with Crippen LogP contribution in [-0.2, 0) is 11.3 Å². The van der Waals surface area contributed by atoms with Crippen molar-refractivity contribution in [2.45, 2.75) is 6.54 Å². The molecule has 0 spiro atoms. The second kappa shape index (κ2) is 7.43. The highest BCUT2D eigenvalue weighted by Gasteiger charge is 2.15. The molecule has 2 heterocycles. The number of halogens is 2. The summed E-state index contributed by atoms with van der Waals surface area (Å²) in [4.78, 5) is 12.4. The number of carbonyl (C=O) groups is 1. The van der Waals surface area contributed by atoms with Crippen molar-refractivity contribution in [1.29, 1.82) is 0 Å². The first kappa shape index (κ1) is 17.6. The van der Waals surface area contributed by atoms with E-state index in [9.17, 15) is 13.6 Å². The number of rotatable bonds is 5. The molecule has 140 valence electrons. The summed E-state index contributed by atoms with van der Waals surface area (Å²) in [6.45, 7) is -0.115. The van der Waals surface area contributed by atoms with Crippen molar-refractivity contribution in [3.63, 3.8) is 0 Å². The van der Waals surface area contributed by atoms with E-state index in [2.05, 4.69) is 15.5 Å². The topological polar surface area (TPSA) is 64.7 Å². The van der Waals surface area contributed by atoms with Gasteiger partial charge >= 0.3 is 0 Å². The van der Waals surface area contributed by atoms with E-state index in [1.165, 1.54) is 23.0 Å². The number of anilines is 1. The smallest absolute Gasteiger partial charge is 0.247 e. The van der Waals surface area contributed by atoms with Gasteiger partial charge in [-0.3, -0.25) is 9.48 Å². The molecule has 0 fully saturated rings. The lowest BCUT2D eigenvalue weighted by atomic mass is 10.1. The number of benzene rings is 2. The minimum atomic E-state index is -0.707.